The van der Waals surface area contributed by atoms with Gasteiger partial charge in [-0.05, 0) is 37.6 Å². The van der Waals surface area contributed by atoms with Crippen LogP contribution in [0.2, 0.25) is 0 Å². The highest BCUT2D eigenvalue weighted by atomic mass is 19.3. The molecule has 5 heteroatoms. The summed E-state index contributed by atoms with van der Waals surface area (Å²) < 4.78 is 28.5. The van der Waals surface area contributed by atoms with Gasteiger partial charge in [0, 0.05) is 30.9 Å². The van der Waals surface area contributed by atoms with Gasteiger partial charge in [0.15, 0.2) is 0 Å². The maximum absolute atomic E-state index is 12.1. The standard InChI is InChI=1S/C14H20F2N2O/c1-3-11-9-18(10(2)8-17-11)12-4-6-13(7-5-12)19-14(15)16/h4-7,10-11,14,17H,3,8-9H2,1-2H3. The first kappa shape index (κ1) is 14.1. The first-order valence-electron chi connectivity index (χ1n) is 6.65. The van der Waals surface area contributed by atoms with E-state index in [4.69, 9.17) is 0 Å². The average Bonchev–Trinajstić information content (AvgIpc) is 2.40. The van der Waals surface area contributed by atoms with Crippen LogP contribution < -0.4 is 15.0 Å². The molecule has 0 amide bonds. The Morgan fingerprint density at radius 3 is 2.63 bits per heavy atom. The van der Waals surface area contributed by atoms with Gasteiger partial charge < -0.3 is 15.0 Å². The SMILES string of the molecule is CCC1CN(c2ccc(OC(F)F)cc2)C(C)CN1. The topological polar surface area (TPSA) is 24.5 Å². The van der Waals surface area contributed by atoms with Crippen LogP contribution in [-0.4, -0.2) is 31.8 Å². The van der Waals surface area contributed by atoms with Gasteiger partial charge in [-0.3, -0.25) is 0 Å². The summed E-state index contributed by atoms with van der Waals surface area (Å²) in [6.45, 7) is 3.42. The number of nitrogens with zero attached hydrogens (tertiary/aromatic N) is 1. The van der Waals surface area contributed by atoms with Crippen LogP contribution in [-0.2, 0) is 0 Å². The molecule has 0 radical (unpaired) electrons. The summed E-state index contributed by atoms with van der Waals surface area (Å²) >= 11 is 0. The zero-order valence-corrected chi connectivity index (χ0v) is 11.3. The van der Waals surface area contributed by atoms with Crippen molar-refractivity contribution >= 4 is 5.69 Å². The highest BCUT2D eigenvalue weighted by molar-refractivity contribution is 5.50. The molecule has 19 heavy (non-hydrogen) atoms. The van der Waals surface area contributed by atoms with E-state index in [1.165, 1.54) is 0 Å². The molecule has 3 nitrogen and oxygen atoms in total. The molecule has 1 saturated heterocycles. The summed E-state index contributed by atoms with van der Waals surface area (Å²) in [7, 11) is 0. The Balaban J connectivity index is 2.07. The van der Waals surface area contributed by atoms with Crippen molar-refractivity contribution in [3.8, 4) is 5.75 Å². The quantitative estimate of drug-likeness (QED) is 0.910. The number of alkyl halides is 2. The van der Waals surface area contributed by atoms with Crippen LogP contribution in [0, 0.1) is 0 Å². The Morgan fingerprint density at radius 1 is 1.37 bits per heavy atom. The minimum Gasteiger partial charge on any atom is -0.435 e. The van der Waals surface area contributed by atoms with Gasteiger partial charge in [-0.25, -0.2) is 0 Å². The maximum atomic E-state index is 12.1. The second-order valence-corrected chi connectivity index (χ2v) is 4.89. The van der Waals surface area contributed by atoms with E-state index in [0.717, 1.165) is 25.2 Å². The molecule has 1 N–H and O–H groups in total. The van der Waals surface area contributed by atoms with Gasteiger partial charge in [0.1, 0.15) is 5.75 Å². The predicted molar refractivity (Wildman–Crippen MR) is 72.0 cm³/mol. The first-order valence-corrected chi connectivity index (χ1v) is 6.65. The molecule has 106 valence electrons. The van der Waals surface area contributed by atoms with Gasteiger partial charge in [0.05, 0.1) is 0 Å². The molecule has 2 rings (SSSR count). The van der Waals surface area contributed by atoms with Gasteiger partial charge in [0.2, 0.25) is 0 Å². The van der Waals surface area contributed by atoms with Gasteiger partial charge in [-0.15, -0.1) is 0 Å². The van der Waals surface area contributed by atoms with Crippen LogP contribution in [0.4, 0.5) is 14.5 Å². The lowest BCUT2D eigenvalue weighted by Gasteiger charge is -2.40. The third-order valence-electron chi connectivity index (χ3n) is 3.54. The third kappa shape index (κ3) is 3.56. The van der Waals surface area contributed by atoms with E-state index in [9.17, 15) is 8.78 Å². The second-order valence-electron chi connectivity index (χ2n) is 4.89. The van der Waals surface area contributed by atoms with Crippen molar-refractivity contribution < 1.29 is 13.5 Å². The molecular weight excluding hydrogens is 250 g/mol. The molecule has 0 saturated carbocycles. The Hall–Kier alpha value is -1.36. The molecule has 1 aromatic carbocycles. The lowest BCUT2D eigenvalue weighted by molar-refractivity contribution is -0.0498. The van der Waals surface area contributed by atoms with Gasteiger partial charge >= 0.3 is 6.61 Å². The normalized spacial score (nSPS) is 23.7. The van der Waals surface area contributed by atoms with E-state index in [-0.39, 0.29) is 5.75 Å². The maximum Gasteiger partial charge on any atom is 0.387 e. The van der Waals surface area contributed by atoms with Crippen molar-refractivity contribution in [1.29, 1.82) is 0 Å². The first-order chi connectivity index (χ1) is 9.10. The molecule has 0 aromatic heterocycles. The van der Waals surface area contributed by atoms with E-state index >= 15 is 0 Å². The smallest absolute Gasteiger partial charge is 0.387 e. The van der Waals surface area contributed by atoms with Crippen molar-refractivity contribution in [3.05, 3.63) is 24.3 Å². The molecule has 2 unspecified atom stereocenters. The lowest BCUT2D eigenvalue weighted by Crippen LogP contribution is -2.55. The highest BCUT2D eigenvalue weighted by Crippen LogP contribution is 2.24. The molecule has 1 aliphatic heterocycles. The van der Waals surface area contributed by atoms with Crippen molar-refractivity contribution in [2.45, 2.75) is 39.0 Å². The van der Waals surface area contributed by atoms with E-state index in [0.29, 0.717) is 12.1 Å². The molecule has 0 bridgehead atoms. The van der Waals surface area contributed by atoms with Crippen LogP contribution in [0.3, 0.4) is 0 Å². The van der Waals surface area contributed by atoms with Crippen LogP contribution >= 0.6 is 0 Å². The van der Waals surface area contributed by atoms with Crippen LogP contribution in [0.1, 0.15) is 20.3 Å². The number of rotatable bonds is 4. The Morgan fingerprint density at radius 2 is 2.05 bits per heavy atom. The predicted octanol–water partition coefficient (Wildman–Crippen LogP) is 2.86. The van der Waals surface area contributed by atoms with Crippen LogP contribution in [0.25, 0.3) is 0 Å². The summed E-state index contributed by atoms with van der Waals surface area (Å²) in [5.41, 5.74) is 1.05. The van der Waals surface area contributed by atoms with Crippen LogP contribution in [0.15, 0.2) is 24.3 Å². The minimum atomic E-state index is -2.77. The number of benzene rings is 1. The summed E-state index contributed by atoms with van der Waals surface area (Å²) in [6.07, 6.45) is 1.08. The summed E-state index contributed by atoms with van der Waals surface area (Å²) in [5, 5.41) is 3.49. The fourth-order valence-corrected chi connectivity index (χ4v) is 2.38. The Labute approximate surface area is 112 Å². The van der Waals surface area contributed by atoms with E-state index in [2.05, 4.69) is 28.8 Å². The molecule has 0 spiro atoms. The number of ether oxygens (including phenoxy) is 1. The lowest BCUT2D eigenvalue weighted by atomic mass is 10.1. The number of anilines is 1. The summed E-state index contributed by atoms with van der Waals surface area (Å²) in [5.74, 6) is 0.202. The minimum absolute atomic E-state index is 0.202. The number of nitrogens with one attached hydrogen (secondary N) is 1. The van der Waals surface area contributed by atoms with Gasteiger partial charge in [-0.2, -0.15) is 8.78 Å². The third-order valence-corrected chi connectivity index (χ3v) is 3.54. The molecule has 2 atom stereocenters. The molecule has 1 fully saturated rings. The fraction of sp³-hybridized carbons (Fsp3) is 0.571. The molecule has 1 aromatic rings. The zero-order chi connectivity index (χ0) is 13.8. The summed E-state index contributed by atoms with van der Waals surface area (Å²) in [4.78, 5) is 2.30. The molecule has 1 aliphatic rings. The molecule has 1 heterocycles. The largest absolute Gasteiger partial charge is 0.435 e. The summed E-state index contributed by atoms with van der Waals surface area (Å²) in [6, 6.07) is 7.74. The Kier molecular flexibility index (Phi) is 4.58. The monoisotopic (exact) mass is 270 g/mol. The number of halogens is 2. The van der Waals surface area contributed by atoms with Crippen molar-refractivity contribution in [2.75, 3.05) is 18.0 Å². The number of hydrogen-bond acceptors (Lipinski definition) is 3. The van der Waals surface area contributed by atoms with Crippen molar-refractivity contribution in [3.63, 3.8) is 0 Å². The van der Waals surface area contributed by atoms with Crippen LogP contribution in [0.5, 0.6) is 5.75 Å². The van der Waals surface area contributed by atoms with Gasteiger partial charge in [-0.1, -0.05) is 6.92 Å². The zero-order valence-electron chi connectivity index (χ0n) is 11.3. The fourth-order valence-electron chi connectivity index (χ4n) is 2.38. The Bertz CT molecular complexity index is 397. The van der Waals surface area contributed by atoms with Crippen molar-refractivity contribution in [2.24, 2.45) is 0 Å². The van der Waals surface area contributed by atoms with E-state index in [1.54, 1.807) is 12.1 Å². The second kappa shape index (κ2) is 6.19. The highest BCUT2D eigenvalue weighted by Gasteiger charge is 2.23. The average molecular weight is 270 g/mol. The van der Waals surface area contributed by atoms with Crippen molar-refractivity contribution in [1.82, 2.24) is 5.32 Å². The van der Waals surface area contributed by atoms with E-state index < -0.39 is 6.61 Å². The molecular formula is C14H20F2N2O. The number of hydrogen-bond donors (Lipinski definition) is 1. The van der Waals surface area contributed by atoms with Gasteiger partial charge in [0.25, 0.3) is 0 Å². The van der Waals surface area contributed by atoms with E-state index in [1.807, 2.05) is 12.1 Å². The number of piperazine rings is 1. The molecule has 0 aliphatic carbocycles.